The van der Waals surface area contributed by atoms with Crippen LogP contribution in [-0.2, 0) is 0 Å². The molecular formula is C9H13NO. The first-order chi connectivity index (χ1) is 5.24. The Morgan fingerprint density at radius 3 is 2.64 bits per heavy atom. The predicted octanol–water partition coefficient (Wildman–Crippen LogP) is 1.67. The SMILES string of the molecule is Cc1ccc(NCO)c(C)c1. The smallest absolute Gasteiger partial charge is 0.113 e. The second-order valence-corrected chi connectivity index (χ2v) is 2.65. The lowest BCUT2D eigenvalue weighted by Crippen LogP contribution is -2.00. The van der Waals surface area contributed by atoms with Crippen LogP contribution in [0.4, 0.5) is 5.69 Å². The Morgan fingerprint density at radius 2 is 2.09 bits per heavy atom. The second kappa shape index (κ2) is 3.39. The molecular weight excluding hydrogens is 138 g/mol. The average molecular weight is 151 g/mol. The van der Waals surface area contributed by atoms with Gasteiger partial charge in [-0.25, -0.2) is 0 Å². The van der Waals surface area contributed by atoms with Crippen molar-refractivity contribution >= 4 is 5.69 Å². The van der Waals surface area contributed by atoms with Crippen LogP contribution in [0.5, 0.6) is 0 Å². The van der Waals surface area contributed by atoms with Crippen molar-refractivity contribution in [3.05, 3.63) is 29.3 Å². The highest BCUT2D eigenvalue weighted by Crippen LogP contribution is 2.14. The summed E-state index contributed by atoms with van der Waals surface area (Å²) in [6.07, 6.45) is 0. The summed E-state index contributed by atoms with van der Waals surface area (Å²) in [7, 11) is 0. The minimum atomic E-state index is -0.0100. The molecule has 0 aliphatic rings. The van der Waals surface area contributed by atoms with Crippen molar-refractivity contribution < 1.29 is 5.11 Å². The fourth-order valence-corrected chi connectivity index (χ4v) is 1.10. The van der Waals surface area contributed by atoms with Crippen molar-refractivity contribution in [3.8, 4) is 0 Å². The first-order valence-corrected chi connectivity index (χ1v) is 3.66. The summed E-state index contributed by atoms with van der Waals surface area (Å²) in [4.78, 5) is 0. The fraction of sp³-hybridized carbons (Fsp3) is 0.333. The molecule has 2 heteroatoms. The van der Waals surface area contributed by atoms with Gasteiger partial charge in [0.05, 0.1) is 0 Å². The molecule has 2 N–H and O–H groups in total. The van der Waals surface area contributed by atoms with Gasteiger partial charge in [0.15, 0.2) is 0 Å². The Morgan fingerprint density at radius 1 is 1.36 bits per heavy atom. The number of nitrogens with one attached hydrogen (secondary N) is 1. The van der Waals surface area contributed by atoms with Gasteiger partial charge in [0.1, 0.15) is 6.73 Å². The zero-order chi connectivity index (χ0) is 8.27. The van der Waals surface area contributed by atoms with E-state index in [0.717, 1.165) is 5.69 Å². The molecule has 0 fully saturated rings. The summed E-state index contributed by atoms with van der Waals surface area (Å²) in [6, 6.07) is 6.07. The lowest BCUT2D eigenvalue weighted by atomic mass is 10.1. The van der Waals surface area contributed by atoms with E-state index in [1.807, 2.05) is 19.1 Å². The van der Waals surface area contributed by atoms with E-state index in [1.54, 1.807) is 0 Å². The van der Waals surface area contributed by atoms with E-state index in [1.165, 1.54) is 11.1 Å². The molecule has 1 aromatic rings. The lowest BCUT2D eigenvalue weighted by molar-refractivity contribution is 0.325. The van der Waals surface area contributed by atoms with E-state index in [4.69, 9.17) is 5.11 Å². The molecule has 0 aliphatic heterocycles. The first kappa shape index (κ1) is 8.08. The third kappa shape index (κ3) is 1.95. The third-order valence-electron chi connectivity index (χ3n) is 1.65. The molecule has 1 aromatic carbocycles. The van der Waals surface area contributed by atoms with Gasteiger partial charge in [0.2, 0.25) is 0 Å². The van der Waals surface area contributed by atoms with Crippen molar-refractivity contribution in [3.63, 3.8) is 0 Å². The standard InChI is InChI=1S/C9H13NO/c1-7-3-4-9(10-6-11)8(2)5-7/h3-5,10-11H,6H2,1-2H3. The van der Waals surface area contributed by atoms with Gasteiger partial charge in [-0.2, -0.15) is 0 Å². The Kier molecular flexibility index (Phi) is 2.49. The van der Waals surface area contributed by atoms with Crippen LogP contribution in [0.1, 0.15) is 11.1 Å². The van der Waals surface area contributed by atoms with Crippen LogP contribution in [0.3, 0.4) is 0 Å². The summed E-state index contributed by atoms with van der Waals surface area (Å²) in [5.41, 5.74) is 3.41. The monoisotopic (exact) mass is 151 g/mol. The number of aliphatic hydroxyl groups is 1. The predicted molar refractivity (Wildman–Crippen MR) is 46.6 cm³/mol. The van der Waals surface area contributed by atoms with Gasteiger partial charge in [-0.05, 0) is 25.5 Å². The summed E-state index contributed by atoms with van der Waals surface area (Å²) in [5, 5.41) is 11.5. The molecule has 0 aromatic heterocycles. The number of aliphatic hydroxyl groups excluding tert-OH is 1. The fourth-order valence-electron chi connectivity index (χ4n) is 1.10. The summed E-state index contributed by atoms with van der Waals surface area (Å²) in [5.74, 6) is 0. The molecule has 0 atom stereocenters. The van der Waals surface area contributed by atoms with E-state index < -0.39 is 0 Å². The number of benzene rings is 1. The topological polar surface area (TPSA) is 32.3 Å². The van der Waals surface area contributed by atoms with Gasteiger partial charge < -0.3 is 10.4 Å². The third-order valence-corrected chi connectivity index (χ3v) is 1.65. The number of hydrogen-bond acceptors (Lipinski definition) is 2. The maximum absolute atomic E-state index is 8.60. The highest BCUT2D eigenvalue weighted by atomic mass is 16.3. The Balaban J connectivity index is 2.90. The van der Waals surface area contributed by atoms with Gasteiger partial charge in [0.25, 0.3) is 0 Å². The molecule has 0 amide bonds. The molecule has 0 unspecified atom stereocenters. The van der Waals surface area contributed by atoms with E-state index >= 15 is 0 Å². The molecule has 0 heterocycles. The second-order valence-electron chi connectivity index (χ2n) is 2.65. The maximum Gasteiger partial charge on any atom is 0.113 e. The number of hydrogen-bond donors (Lipinski definition) is 2. The molecule has 0 saturated carbocycles. The Bertz CT molecular complexity index is 245. The minimum Gasteiger partial charge on any atom is -0.377 e. The highest BCUT2D eigenvalue weighted by molar-refractivity contribution is 5.51. The lowest BCUT2D eigenvalue weighted by Gasteiger charge is -2.06. The summed E-state index contributed by atoms with van der Waals surface area (Å²) >= 11 is 0. The normalized spacial score (nSPS) is 9.73. The molecule has 0 aliphatic carbocycles. The zero-order valence-corrected chi connectivity index (χ0v) is 6.89. The van der Waals surface area contributed by atoms with Gasteiger partial charge in [-0.15, -0.1) is 0 Å². The molecule has 2 nitrogen and oxygen atoms in total. The van der Waals surface area contributed by atoms with Crippen LogP contribution in [-0.4, -0.2) is 11.8 Å². The highest BCUT2D eigenvalue weighted by Gasteiger charge is 1.94. The van der Waals surface area contributed by atoms with Crippen LogP contribution < -0.4 is 5.32 Å². The molecule has 0 radical (unpaired) electrons. The van der Waals surface area contributed by atoms with Gasteiger partial charge in [-0.3, -0.25) is 0 Å². The van der Waals surface area contributed by atoms with Gasteiger partial charge in [0, 0.05) is 5.69 Å². The van der Waals surface area contributed by atoms with Crippen LogP contribution in [0.15, 0.2) is 18.2 Å². The number of anilines is 1. The Labute approximate surface area is 66.9 Å². The zero-order valence-electron chi connectivity index (χ0n) is 6.89. The molecule has 11 heavy (non-hydrogen) atoms. The molecule has 0 bridgehead atoms. The van der Waals surface area contributed by atoms with E-state index in [9.17, 15) is 0 Å². The van der Waals surface area contributed by atoms with Crippen molar-refractivity contribution in [2.75, 3.05) is 12.0 Å². The molecule has 0 spiro atoms. The molecule has 0 saturated heterocycles. The van der Waals surface area contributed by atoms with Crippen molar-refractivity contribution in [1.29, 1.82) is 0 Å². The first-order valence-electron chi connectivity index (χ1n) is 3.66. The summed E-state index contributed by atoms with van der Waals surface area (Å²) in [6.45, 7) is 4.06. The van der Waals surface area contributed by atoms with Gasteiger partial charge >= 0.3 is 0 Å². The van der Waals surface area contributed by atoms with E-state index in [-0.39, 0.29) is 6.73 Å². The van der Waals surface area contributed by atoms with Crippen LogP contribution in [0.25, 0.3) is 0 Å². The van der Waals surface area contributed by atoms with E-state index in [2.05, 4.69) is 18.3 Å². The van der Waals surface area contributed by atoms with Gasteiger partial charge in [-0.1, -0.05) is 17.7 Å². The van der Waals surface area contributed by atoms with Crippen molar-refractivity contribution in [1.82, 2.24) is 0 Å². The van der Waals surface area contributed by atoms with Crippen LogP contribution in [0.2, 0.25) is 0 Å². The van der Waals surface area contributed by atoms with Crippen molar-refractivity contribution in [2.45, 2.75) is 13.8 Å². The maximum atomic E-state index is 8.60. The number of rotatable bonds is 2. The number of aryl methyl sites for hydroxylation is 2. The summed E-state index contributed by atoms with van der Waals surface area (Å²) < 4.78 is 0. The largest absolute Gasteiger partial charge is 0.377 e. The molecule has 60 valence electrons. The van der Waals surface area contributed by atoms with Crippen molar-refractivity contribution in [2.24, 2.45) is 0 Å². The van der Waals surface area contributed by atoms with E-state index in [0.29, 0.717) is 0 Å². The quantitative estimate of drug-likeness (QED) is 0.630. The average Bonchev–Trinajstić information content (AvgIpc) is 1.95. The van der Waals surface area contributed by atoms with Crippen LogP contribution in [0, 0.1) is 13.8 Å². The molecule has 1 rings (SSSR count). The Hall–Kier alpha value is -1.02. The minimum absolute atomic E-state index is 0.0100. The van der Waals surface area contributed by atoms with Crippen LogP contribution >= 0.6 is 0 Å².